The van der Waals surface area contributed by atoms with E-state index in [4.69, 9.17) is 16.2 Å². The molecule has 0 aromatic heterocycles. The van der Waals surface area contributed by atoms with E-state index >= 15 is 0 Å². The van der Waals surface area contributed by atoms with Crippen LogP contribution in [0, 0.1) is 5.92 Å². The molecule has 0 radical (unpaired) electrons. The maximum absolute atomic E-state index is 11.0. The summed E-state index contributed by atoms with van der Waals surface area (Å²) >= 11 is 0. The van der Waals surface area contributed by atoms with Crippen molar-refractivity contribution in [3.63, 3.8) is 0 Å². The highest BCUT2D eigenvalue weighted by atomic mass is 16.5. The van der Waals surface area contributed by atoms with Gasteiger partial charge in [-0.2, -0.15) is 0 Å². The largest absolute Gasteiger partial charge is 0.381 e. The normalized spacial score (nSPS) is 29.3. The van der Waals surface area contributed by atoms with Crippen LogP contribution in [0.4, 0.5) is 0 Å². The van der Waals surface area contributed by atoms with Gasteiger partial charge in [0.2, 0.25) is 5.91 Å². The van der Waals surface area contributed by atoms with Gasteiger partial charge in [0.25, 0.3) is 0 Å². The second-order valence-corrected chi connectivity index (χ2v) is 3.56. The van der Waals surface area contributed by atoms with Crippen molar-refractivity contribution in [1.29, 1.82) is 0 Å². The van der Waals surface area contributed by atoms with E-state index < -0.39 is 11.4 Å². The molecule has 1 aliphatic heterocycles. The molecular weight excluding hydrogens is 156 g/mol. The Morgan fingerprint density at radius 3 is 2.75 bits per heavy atom. The molecule has 0 aromatic rings. The highest BCUT2D eigenvalue weighted by Crippen LogP contribution is 2.23. The Kier molecular flexibility index (Phi) is 2.69. The summed E-state index contributed by atoms with van der Waals surface area (Å²) in [6.07, 6.45) is 1.89. The Labute approximate surface area is 72.2 Å². The summed E-state index contributed by atoms with van der Waals surface area (Å²) in [5.74, 6) is -0.373. The average molecular weight is 172 g/mol. The molecule has 1 rings (SSSR count). The molecule has 1 amide bonds. The van der Waals surface area contributed by atoms with Crippen molar-refractivity contribution in [3.05, 3.63) is 0 Å². The van der Waals surface area contributed by atoms with Gasteiger partial charge in [-0.25, -0.2) is 0 Å². The van der Waals surface area contributed by atoms with Crippen LogP contribution in [0.5, 0.6) is 0 Å². The Morgan fingerprint density at radius 2 is 2.33 bits per heavy atom. The SMILES string of the molecule is CC(N)(C(N)=O)C1CCCOC1. The summed E-state index contributed by atoms with van der Waals surface area (Å²) in [7, 11) is 0. The monoisotopic (exact) mass is 172 g/mol. The van der Waals surface area contributed by atoms with Crippen LogP contribution < -0.4 is 11.5 Å². The fourth-order valence-corrected chi connectivity index (χ4v) is 1.41. The molecule has 1 fully saturated rings. The van der Waals surface area contributed by atoms with E-state index in [1.807, 2.05) is 0 Å². The van der Waals surface area contributed by atoms with Gasteiger partial charge in [0.1, 0.15) is 0 Å². The van der Waals surface area contributed by atoms with Gasteiger partial charge in [0.15, 0.2) is 0 Å². The summed E-state index contributed by atoms with van der Waals surface area (Å²) < 4.78 is 5.23. The lowest BCUT2D eigenvalue weighted by Gasteiger charge is -2.33. The van der Waals surface area contributed by atoms with Crippen LogP contribution in [0.2, 0.25) is 0 Å². The average Bonchev–Trinajstić information content (AvgIpc) is 2.06. The third-order valence-electron chi connectivity index (χ3n) is 2.54. The molecule has 70 valence electrons. The Morgan fingerprint density at radius 1 is 1.67 bits per heavy atom. The first kappa shape index (κ1) is 9.48. The first-order valence-corrected chi connectivity index (χ1v) is 4.21. The number of rotatable bonds is 2. The lowest BCUT2D eigenvalue weighted by Crippen LogP contribution is -2.57. The summed E-state index contributed by atoms with van der Waals surface area (Å²) in [6, 6.07) is 0. The minimum absolute atomic E-state index is 0.0729. The fraction of sp³-hybridized carbons (Fsp3) is 0.875. The van der Waals surface area contributed by atoms with Crippen molar-refractivity contribution >= 4 is 5.91 Å². The van der Waals surface area contributed by atoms with E-state index in [1.54, 1.807) is 6.92 Å². The van der Waals surface area contributed by atoms with Crippen LogP contribution in [-0.2, 0) is 9.53 Å². The first-order valence-electron chi connectivity index (χ1n) is 4.21. The highest BCUT2D eigenvalue weighted by Gasteiger charge is 2.36. The lowest BCUT2D eigenvalue weighted by molar-refractivity contribution is -0.126. The molecule has 4 nitrogen and oxygen atoms in total. The molecule has 1 saturated heterocycles. The topological polar surface area (TPSA) is 78.3 Å². The maximum atomic E-state index is 11.0. The molecule has 1 aliphatic rings. The number of carbonyl (C=O) groups is 1. The van der Waals surface area contributed by atoms with Crippen molar-refractivity contribution in [2.24, 2.45) is 17.4 Å². The van der Waals surface area contributed by atoms with Crippen LogP contribution in [0.15, 0.2) is 0 Å². The zero-order valence-corrected chi connectivity index (χ0v) is 7.38. The Hall–Kier alpha value is -0.610. The van der Waals surface area contributed by atoms with Crippen molar-refractivity contribution < 1.29 is 9.53 Å². The summed E-state index contributed by atoms with van der Waals surface area (Å²) in [6.45, 7) is 3.00. The van der Waals surface area contributed by atoms with Gasteiger partial charge in [-0.15, -0.1) is 0 Å². The second-order valence-electron chi connectivity index (χ2n) is 3.56. The predicted molar refractivity (Wildman–Crippen MR) is 45.3 cm³/mol. The molecule has 4 N–H and O–H groups in total. The minimum Gasteiger partial charge on any atom is -0.381 e. The van der Waals surface area contributed by atoms with Crippen molar-refractivity contribution in [1.82, 2.24) is 0 Å². The van der Waals surface area contributed by atoms with Crippen molar-refractivity contribution in [3.8, 4) is 0 Å². The molecule has 0 aliphatic carbocycles. The fourth-order valence-electron chi connectivity index (χ4n) is 1.41. The van der Waals surface area contributed by atoms with Gasteiger partial charge in [-0.1, -0.05) is 0 Å². The van der Waals surface area contributed by atoms with Gasteiger partial charge < -0.3 is 16.2 Å². The standard InChI is InChI=1S/C8H16N2O2/c1-8(10,7(9)11)6-3-2-4-12-5-6/h6H,2-5,10H2,1H3,(H2,9,11). The Balaban J connectivity index is 2.59. The first-order chi connectivity index (χ1) is 5.55. The molecule has 0 bridgehead atoms. The third-order valence-corrected chi connectivity index (χ3v) is 2.54. The molecule has 1 heterocycles. The van der Waals surface area contributed by atoms with Crippen LogP contribution in [0.1, 0.15) is 19.8 Å². The van der Waals surface area contributed by atoms with E-state index in [0.29, 0.717) is 6.61 Å². The molecule has 0 saturated carbocycles. The van der Waals surface area contributed by atoms with Gasteiger partial charge >= 0.3 is 0 Å². The zero-order chi connectivity index (χ0) is 9.19. The van der Waals surface area contributed by atoms with E-state index in [-0.39, 0.29) is 5.92 Å². The van der Waals surface area contributed by atoms with Gasteiger partial charge in [-0.3, -0.25) is 4.79 Å². The molecule has 2 atom stereocenters. The van der Waals surface area contributed by atoms with E-state index in [2.05, 4.69) is 0 Å². The number of hydrogen-bond donors (Lipinski definition) is 2. The van der Waals surface area contributed by atoms with Gasteiger partial charge in [0.05, 0.1) is 12.1 Å². The van der Waals surface area contributed by atoms with Crippen molar-refractivity contribution in [2.75, 3.05) is 13.2 Å². The number of nitrogens with two attached hydrogens (primary N) is 2. The predicted octanol–water partition coefficient (Wildman–Crippen LogP) is -0.384. The molecule has 12 heavy (non-hydrogen) atoms. The second kappa shape index (κ2) is 3.41. The lowest BCUT2D eigenvalue weighted by atomic mass is 9.82. The van der Waals surface area contributed by atoms with Crippen LogP contribution >= 0.6 is 0 Å². The third kappa shape index (κ3) is 1.76. The molecular formula is C8H16N2O2. The minimum atomic E-state index is -0.916. The van der Waals surface area contributed by atoms with E-state index in [1.165, 1.54) is 0 Å². The molecule has 4 heteroatoms. The number of primary amides is 1. The summed E-state index contributed by atoms with van der Waals surface area (Å²) in [5, 5.41) is 0. The van der Waals surface area contributed by atoms with Gasteiger partial charge in [0, 0.05) is 12.5 Å². The van der Waals surface area contributed by atoms with Crippen LogP contribution in [0.3, 0.4) is 0 Å². The number of amides is 1. The van der Waals surface area contributed by atoms with Crippen LogP contribution in [0.25, 0.3) is 0 Å². The Bertz CT molecular complexity index is 174. The van der Waals surface area contributed by atoms with Crippen molar-refractivity contribution in [2.45, 2.75) is 25.3 Å². The van der Waals surface area contributed by atoms with E-state index in [9.17, 15) is 4.79 Å². The smallest absolute Gasteiger partial charge is 0.237 e. The summed E-state index contributed by atoms with van der Waals surface area (Å²) in [4.78, 5) is 11.0. The maximum Gasteiger partial charge on any atom is 0.237 e. The van der Waals surface area contributed by atoms with E-state index in [0.717, 1.165) is 19.4 Å². The molecule has 0 aromatic carbocycles. The molecule has 2 unspecified atom stereocenters. The number of hydrogen-bond acceptors (Lipinski definition) is 3. The van der Waals surface area contributed by atoms with Gasteiger partial charge in [-0.05, 0) is 19.8 Å². The number of carbonyl (C=O) groups excluding carboxylic acids is 1. The zero-order valence-electron chi connectivity index (χ0n) is 7.38. The highest BCUT2D eigenvalue weighted by molar-refractivity contribution is 5.84. The molecule has 0 spiro atoms. The summed E-state index contributed by atoms with van der Waals surface area (Å²) in [5.41, 5.74) is 10.0. The number of ether oxygens (including phenoxy) is 1. The van der Waals surface area contributed by atoms with Crippen LogP contribution in [-0.4, -0.2) is 24.7 Å². The quantitative estimate of drug-likeness (QED) is 0.595.